The van der Waals surface area contributed by atoms with Crippen molar-refractivity contribution in [2.75, 3.05) is 9.80 Å². The highest BCUT2D eigenvalue weighted by atomic mass is 32.1. The van der Waals surface area contributed by atoms with Crippen LogP contribution in [0.25, 0.3) is 213 Å². The molecule has 0 spiro atoms. The molecule has 0 fully saturated rings. The van der Waals surface area contributed by atoms with Gasteiger partial charge in [0.1, 0.15) is 11.2 Å². The lowest BCUT2D eigenvalue weighted by atomic mass is 9.93. The number of benzene rings is 22. The van der Waals surface area contributed by atoms with Crippen molar-refractivity contribution in [2.45, 2.75) is 0 Å². The van der Waals surface area contributed by atoms with E-state index in [1.54, 1.807) is 0 Å². The second-order valence-electron chi connectivity index (χ2n) is 32.1. The lowest BCUT2D eigenvalue weighted by molar-refractivity contribution is 0.669. The Balaban J connectivity index is 0.000000135. The van der Waals surface area contributed by atoms with Gasteiger partial charge >= 0.3 is 0 Å². The van der Waals surface area contributed by atoms with Crippen LogP contribution in [0.2, 0.25) is 0 Å². The van der Waals surface area contributed by atoms with Crippen LogP contribution in [0.4, 0.5) is 34.1 Å². The van der Waals surface area contributed by atoms with Gasteiger partial charge in [-0.3, -0.25) is 0 Å². The van der Waals surface area contributed by atoms with Gasteiger partial charge in [-0.15, -0.1) is 34.0 Å². The number of hydrogen-bond acceptors (Lipinski definition) is 6. The molecule has 26 aromatic rings. The van der Waals surface area contributed by atoms with Crippen LogP contribution in [0.3, 0.4) is 0 Å². The molecule has 0 aliphatic heterocycles. The minimum atomic E-state index is 0.871. The predicted molar refractivity (Wildman–Crippen MR) is 530 cm³/mol. The maximum Gasteiger partial charge on any atom is 0.136 e. The Hall–Kier alpha value is -15.0. The fourth-order valence-corrected chi connectivity index (χ4v) is 22.8. The minimum Gasteiger partial charge on any atom is -0.456 e. The first kappa shape index (κ1) is 70.0. The monoisotopic (exact) mass is 1600 g/mol. The lowest BCUT2D eigenvalue weighted by Gasteiger charge is -2.28. The van der Waals surface area contributed by atoms with Crippen LogP contribution in [0.15, 0.2) is 429 Å². The summed E-state index contributed by atoms with van der Waals surface area (Å²) in [7, 11) is 0. The van der Waals surface area contributed by atoms with Crippen LogP contribution in [-0.4, -0.2) is 0 Å². The van der Waals surface area contributed by atoms with Crippen molar-refractivity contribution in [2.24, 2.45) is 0 Å². The van der Waals surface area contributed by atoms with Gasteiger partial charge in [-0.25, -0.2) is 0 Å². The van der Waals surface area contributed by atoms with Gasteiger partial charge in [0.2, 0.25) is 0 Å². The Morgan fingerprint density at radius 2 is 0.623 bits per heavy atom. The van der Waals surface area contributed by atoms with Gasteiger partial charge in [0.05, 0.1) is 5.69 Å². The molecule has 26 rings (SSSR count). The Morgan fingerprint density at radius 1 is 0.172 bits per heavy atom. The smallest absolute Gasteiger partial charge is 0.136 e. The molecule has 4 aromatic heterocycles. The van der Waals surface area contributed by atoms with Gasteiger partial charge in [-0.1, -0.05) is 291 Å². The first-order valence-electron chi connectivity index (χ1n) is 41.6. The van der Waals surface area contributed by atoms with Gasteiger partial charge < -0.3 is 14.2 Å². The normalized spacial score (nSPS) is 11.9. The highest BCUT2D eigenvalue weighted by Gasteiger charge is 2.25. The fraction of sp³-hybridized carbons (Fsp3) is 0. The number of nitrogens with zero attached hydrogens (tertiary/aromatic N) is 2. The lowest BCUT2D eigenvalue weighted by Crippen LogP contribution is -2.10. The van der Waals surface area contributed by atoms with E-state index in [0.29, 0.717) is 0 Å². The maximum atomic E-state index is 6.56. The SMILES string of the molecule is c1cc(-c2cccc3ccccc23)cc(N(c2cc(-c3ccc4sc5ccccc5c4c3)cc(-c3cccc4ccccc34)c2)c2ccc3oc4ccc5ccccc5c4c3c2)c1.c1ccc2cc(N(c3ccc4c(ccc5cc(-c6ccc7sc8ccc9ccccc9c8c7c6)ccc54)c3)c3cc4c5ccccc5sc4c4ccccc34)ccc2c1. The molecule has 0 bridgehead atoms. The number of thiophene rings is 3. The van der Waals surface area contributed by atoms with Gasteiger partial charge in [0.15, 0.2) is 0 Å². The molecule has 0 aliphatic carbocycles. The first-order valence-corrected chi connectivity index (χ1v) is 44.1. The van der Waals surface area contributed by atoms with E-state index in [1.165, 1.54) is 180 Å². The average molecular weight is 1600 g/mol. The van der Waals surface area contributed by atoms with Crippen molar-refractivity contribution < 1.29 is 4.42 Å². The second kappa shape index (κ2) is 28.3. The third-order valence-electron chi connectivity index (χ3n) is 25.2. The van der Waals surface area contributed by atoms with E-state index in [1.807, 2.05) is 34.0 Å². The highest BCUT2D eigenvalue weighted by Crippen LogP contribution is 2.51. The fourth-order valence-electron chi connectivity index (χ4n) is 19.4. The van der Waals surface area contributed by atoms with E-state index >= 15 is 0 Å². The van der Waals surface area contributed by atoms with E-state index in [0.717, 1.165) is 67.1 Å². The quantitative estimate of drug-likeness (QED) is 0.127. The molecule has 0 radical (unpaired) electrons. The predicted octanol–water partition coefficient (Wildman–Crippen LogP) is 35.2. The highest BCUT2D eigenvalue weighted by molar-refractivity contribution is 7.27. The van der Waals surface area contributed by atoms with Crippen molar-refractivity contribution in [3.05, 3.63) is 425 Å². The van der Waals surface area contributed by atoms with Crippen LogP contribution in [0.1, 0.15) is 0 Å². The Morgan fingerprint density at radius 3 is 1.37 bits per heavy atom. The topological polar surface area (TPSA) is 19.6 Å². The molecule has 0 unspecified atom stereocenters. The van der Waals surface area contributed by atoms with Crippen molar-refractivity contribution in [3.8, 4) is 44.5 Å². The van der Waals surface area contributed by atoms with Crippen LogP contribution < -0.4 is 9.80 Å². The largest absolute Gasteiger partial charge is 0.456 e. The molecular formula is C116H70N2OS3. The van der Waals surface area contributed by atoms with E-state index in [4.69, 9.17) is 4.42 Å². The summed E-state index contributed by atoms with van der Waals surface area (Å²) >= 11 is 5.63. The number of anilines is 6. The third kappa shape index (κ3) is 11.7. The summed E-state index contributed by atoms with van der Waals surface area (Å²) in [5.41, 5.74) is 18.0. The number of fused-ring (bicyclic) bond motifs is 24. The second-order valence-corrected chi connectivity index (χ2v) is 35.3. The van der Waals surface area contributed by atoms with Crippen LogP contribution in [0, 0.1) is 0 Å². The van der Waals surface area contributed by atoms with E-state index in [-0.39, 0.29) is 0 Å². The molecule has 3 nitrogen and oxygen atoms in total. The molecule has 0 amide bonds. The molecule has 0 N–H and O–H groups in total. The van der Waals surface area contributed by atoms with E-state index in [2.05, 4.69) is 434 Å². The maximum absolute atomic E-state index is 6.56. The number of rotatable bonds is 10. The third-order valence-corrected chi connectivity index (χ3v) is 28.7. The molecule has 0 saturated carbocycles. The van der Waals surface area contributed by atoms with Crippen molar-refractivity contribution >= 4 is 237 Å². The zero-order valence-electron chi connectivity index (χ0n) is 65.9. The Kier molecular flexibility index (Phi) is 16.3. The number of hydrogen-bond donors (Lipinski definition) is 0. The molecule has 0 saturated heterocycles. The summed E-state index contributed by atoms with van der Waals surface area (Å²) < 4.78 is 14.5. The van der Waals surface area contributed by atoms with Crippen LogP contribution in [0.5, 0.6) is 0 Å². The Labute approximate surface area is 714 Å². The molecule has 0 atom stereocenters. The van der Waals surface area contributed by atoms with Crippen molar-refractivity contribution in [1.82, 2.24) is 0 Å². The van der Waals surface area contributed by atoms with Crippen LogP contribution in [-0.2, 0) is 0 Å². The van der Waals surface area contributed by atoms with Crippen molar-refractivity contribution in [3.63, 3.8) is 0 Å². The molecule has 0 aliphatic rings. The summed E-state index contributed by atoms with van der Waals surface area (Å²) in [5.74, 6) is 0. The number of furan rings is 1. The molecule has 122 heavy (non-hydrogen) atoms. The van der Waals surface area contributed by atoms with E-state index in [9.17, 15) is 0 Å². The minimum absolute atomic E-state index is 0.871. The van der Waals surface area contributed by atoms with Gasteiger partial charge in [0.25, 0.3) is 0 Å². The zero-order chi connectivity index (χ0) is 80.0. The Bertz CT molecular complexity index is 8830. The van der Waals surface area contributed by atoms with Crippen LogP contribution >= 0.6 is 34.0 Å². The summed E-state index contributed by atoms with van der Waals surface area (Å²) in [6, 6.07) is 157. The van der Waals surface area contributed by atoms with Gasteiger partial charge in [-0.05, 0) is 253 Å². The molecule has 568 valence electrons. The molecule has 4 heterocycles. The molecule has 22 aromatic carbocycles. The summed E-state index contributed by atoms with van der Waals surface area (Å²) in [6.45, 7) is 0. The summed E-state index contributed by atoms with van der Waals surface area (Å²) in [4.78, 5) is 4.91. The standard InChI is InChI=1S/C60H37NOS.C56H33NS2/c1-4-19-48-38(12-1)15-10-23-50(48)42-17-9-18-45(33-42)61(46-28-30-56-55(37-46)60-52-21-6-3-14-40(52)26-29-57(60)62-56)47-34-43(32-44(35-47)51-24-11-16-39-13-2-5-20-49(39)51)41-27-31-59-54(36-41)53-22-7-8-25-58(53)63-59;1-2-11-36-30-41(23-19-34(36)9-1)57(51-33-49-47-14-7-8-16-52(47)59-56(49)48-15-6-5-13-46(48)51)42-24-26-44-40(31-42)18-17-39-29-37(20-25-43(39)44)38-22-27-53-50(32-38)55-45-12-4-3-10-35(45)21-28-54(55)58-53/h1-37H;1-33H. The average Bonchev–Trinajstić information content (AvgIpc) is 1.47. The summed E-state index contributed by atoms with van der Waals surface area (Å²) in [6.07, 6.45) is 0. The van der Waals surface area contributed by atoms with Crippen molar-refractivity contribution in [1.29, 1.82) is 0 Å². The zero-order valence-corrected chi connectivity index (χ0v) is 68.4. The molecular weight excluding hydrogens is 1530 g/mol. The van der Waals surface area contributed by atoms with E-state index < -0.39 is 0 Å². The molecule has 6 heteroatoms. The first-order chi connectivity index (χ1) is 60.4. The van der Waals surface area contributed by atoms with Gasteiger partial charge in [-0.2, -0.15) is 0 Å². The summed E-state index contributed by atoms with van der Waals surface area (Å²) in [5, 5.41) is 30.0. The van der Waals surface area contributed by atoms with Gasteiger partial charge in [0, 0.05) is 110 Å².